The molecule has 1 aliphatic heterocycles. The first-order valence-electron chi connectivity index (χ1n) is 5.68. The third-order valence-electron chi connectivity index (χ3n) is 2.76. The molecule has 0 aliphatic carbocycles. The van der Waals surface area contributed by atoms with Crippen molar-refractivity contribution in [3.8, 4) is 0 Å². The molecule has 0 unspecified atom stereocenters. The molecular weight excluding hydrogens is 216 g/mol. The molecule has 0 aromatic carbocycles. The van der Waals surface area contributed by atoms with E-state index in [9.17, 15) is 9.59 Å². The number of likely N-dealkylation sites (tertiary alicyclic amines) is 1. The summed E-state index contributed by atoms with van der Waals surface area (Å²) in [5.74, 6) is -0.192. The molecule has 1 saturated heterocycles. The van der Waals surface area contributed by atoms with Crippen LogP contribution in [0.3, 0.4) is 0 Å². The maximum absolute atomic E-state index is 12.0. The van der Waals surface area contributed by atoms with Crippen molar-refractivity contribution < 1.29 is 9.59 Å². The van der Waals surface area contributed by atoms with E-state index in [-0.39, 0.29) is 11.5 Å². The Morgan fingerprint density at radius 3 is 2.65 bits per heavy atom. The molecule has 88 valence electrons. The average molecular weight is 230 g/mol. The highest BCUT2D eigenvalue weighted by molar-refractivity contribution is 6.14. The SMILES string of the molecule is O=C/C(=C\c1ccccn1)C(=O)N1CCCC1. The number of carbonyl (C=O) groups excluding carboxylic acids is 2. The van der Waals surface area contributed by atoms with Gasteiger partial charge in [0.1, 0.15) is 0 Å². The van der Waals surface area contributed by atoms with E-state index in [2.05, 4.69) is 4.98 Å². The molecule has 0 spiro atoms. The van der Waals surface area contributed by atoms with Gasteiger partial charge in [-0.15, -0.1) is 0 Å². The van der Waals surface area contributed by atoms with E-state index in [1.54, 1.807) is 23.2 Å². The lowest BCUT2D eigenvalue weighted by atomic mass is 10.2. The van der Waals surface area contributed by atoms with E-state index in [0.717, 1.165) is 25.9 Å². The van der Waals surface area contributed by atoms with Crippen LogP contribution < -0.4 is 0 Å². The lowest BCUT2D eigenvalue weighted by molar-refractivity contribution is -0.127. The third-order valence-corrected chi connectivity index (χ3v) is 2.76. The van der Waals surface area contributed by atoms with Gasteiger partial charge in [0.15, 0.2) is 6.29 Å². The van der Waals surface area contributed by atoms with Crippen LogP contribution in [-0.4, -0.2) is 35.2 Å². The Labute approximate surface area is 100.0 Å². The van der Waals surface area contributed by atoms with E-state index < -0.39 is 0 Å². The van der Waals surface area contributed by atoms with Gasteiger partial charge in [-0.25, -0.2) is 0 Å². The molecule has 0 atom stereocenters. The van der Waals surface area contributed by atoms with Gasteiger partial charge in [0, 0.05) is 19.3 Å². The summed E-state index contributed by atoms with van der Waals surface area (Å²) in [6.07, 6.45) is 5.81. The van der Waals surface area contributed by atoms with Crippen LogP contribution in [0.1, 0.15) is 18.5 Å². The lowest BCUT2D eigenvalue weighted by Crippen LogP contribution is -2.29. The van der Waals surface area contributed by atoms with Gasteiger partial charge in [-0.05, 0) is 31.1 Å². The molecule has 17 heavy (non-hydrogen) atoms. The van der Waals surface area contributed by atoms with Gasteiger partial charge in [0.2, 0.25) is 0 Å². The highest BCUT2D eigenvalue weighted by atomic mass is 16.2. The predicted octanol–water partition coefficient (Wildman–Crippen LogP) is 1.29. The zero-order valence-electron chi connectivity index (χ0n) is 9.50. The summed E-state index contributed by atoms with van der Waals surface area (Å²) in [4.78, 5) is 28.7. The Hall–Kier alpha value is -1.97. The fourth-order valence-corrected chi connectivity index (χ4v) is 1.87. The molecule has 4 heteroatoms. The summed E-state index contributed by atoms with van der Waals surface area (Å²) in [6.45, 7) is 1.48. The molecule has 1 fully saturated rings. The highest BCUT2D eigenvalue weighted by Gasteiger charge is 2.21. The highest BCUT2D eigenvalue weighted by Crippen LogP contribution is 2.12. The normalized spacial score (nSPS) is 16.0. The number of nitrogens with zero attached hydrogens (tertiary/aromatic N) is 2. The van der Waals surface area contributed by atoms with Crippen LogP contribution in [0.25, 0.3) is 6.08 Å². The van der Waals surface area contributed by atoms with E-state index in [1.807, 2.05) is 6.07 Å². The van der Waals surface area contributed by atoms with Crippen molar-refractivity contribution in [2.45, 2.75) is 12.8 Å². The summed E-state index contributed by atoms with van der Waals surface area (Å²) in [7, 11) is 0. The maximum Gasteiger partial charge on any atom is 0.257 e. The second-order valence-corrected chi connectivity index (χ2v) is 3.97. The largest absolute Gasteiger partial charge is 0.339 e. The third kappa shape index (κ3) is 2.78. The number of amides is 1. The Balaban J connectivity index is 2.18. The first kappa shape index (κ1) is 11.5. The lowest BCUT2D eigenvalue weighted by Gasteiger charge is -2.14. The van der Waals surface area contributed by atoms with Crippen LogP contribution in [0.4, 0.5) is 0 Å². The topological polar surface area (TPSA) is 50.3 Å². The van der Waals surface area contributed by atoms with Gasteiger partial charge in [-0.2, -0.15) is 0 Å². The molecule has 2 heterocycles. The molecular formula is C13H14N2O2. The number of hydrogen-bond acceptors (Lipinski definition) is 3. The fraction of sp³-hybridized carbons (Fsp3) is 0.308. The zero-order chi connectivity index (χ0) is 12.1. The molecule has 0 radical (unpaired) electrons. The second kappa shape index (κ2) is 5.39. The fourth-order valence-electron chi connectivity index (χ4n) is 1.87. The van der Waals surface area contributed by atoms with Crippen LogP contribution in [0.5, 0.6) is 0 Å². The van der Waals surface area contributed by atoms with E-state index in [4.69, 9.17) is 0 Å². The first-order valence-corrected chi connectivity index (χ1v) is 5.68. The van der Waals surface area contributed by atoms with Crippen LogP contribution in [-0.2, 0) is 9.59 Å². The minimum absolute atomic E-state index is 0.172. The molecule has 4 nitrogen and oxygen atoms in total. The van der Waals surface area contributed by atoms with E-state index in [0.29, 0.717) is 12.0 Å². The Morgan fingerprint density at radius 2 is 2.06 bits per heavy atom. The number of aldehydes is 1. The second-order valence-electron chi connectivity index (χ2n) is 3.97. The van der Waals surface area contributed by atoms with Gasteiger partial charge in [0.05, 0.1) is 11.3 Å². The zero-order valence-corrected chi connectivity index (χ0v) is 9.50. The van der Waals surface area contributed by atoms with Gasteiger partial charge in [-0.3, -0.25) is 14.6 Å². The Kier molecular flexibility index (Phi) is 3.65. The number of carbonyl (C=O) groups is 2. The van der Waals surface area contributed by atoms with E-state index >= 15 is 0 Å². The summed E-state index contributed by atoms with van der Waals surface area (Å²) in [6, 6.07) is 5.38. The van der Waals surface area contributed by atoms with Crippen molar-refractivity contribution in [1.29, 1.82) is 0 Å². The molecule has 0 N–H and O–H groups in total. The molecule has 2 rings (SSSR count). The molecule has 1 aromatic rings. The van der Waals surface area contributed by atoms with Crippen molar-refractivity contribution in [3.05, 3.63) is 35.7 Å². The summed E-state index contributed by atoms with van der Waals surface area (Å²) < 4.78 is 0. The molecule has 0 saturated carbocycles. The van der Waals surface area contributed by atoms with Crippen molar-refractivity contribution in [1.82, 2.24) is 9.88 Å². The minimum Gasteiger partial charge on any atom is -0.339 e. The number of aromatic nitrogens is 1. The molecule has 1 aliphatic rings. The van der Waals surface area contributed by atoms with Crippen molar-refractivity contribution in [3.63, 3.8) is 0 Å². The standard InChI is InChI=1S/C13H14N2O2/c16-10-11(9-12-5-1-2-6-14-12)13(17)15-7-3-4-8-15/h1-2,5-6,9-10H,3-4,7-8H2/b11-9+. The van der Waals surface area contributed by atoms with Crippen LogP contribution >= 0.6 is 0 Å². The molecule has 1 aromatic heterocycles. The minimum atomic E-state index is -0.192. The Bertz CT molecular complexity index is 434. The van der Waals surface area contributed by atoms with Crippen LogP contribution in [0.15, 0.2) is 30.0 Å². The number of rotatable bonds is 3. The van der Waals surface area contributed by atoms with Crippen LogP contribution in [0.2, 0.25) is 0 Å². The monoisotopic (exact) mass is 230 g/mol. The summed E-state index contributed by atoms with van der Waals surface area (Å²) in [5.41, 5.74) is 0.799. The molecule has 0 bridgehead atoms. The van der Waals surface area contributed by atoms with Crippen LogP contribution in [0, 0.1) is 0 Å². The summed E-state index contributed by atoms with van der Waals surface area (Å²) in [5, 5.41) is 0. The van der Waals surface area contributed by atoms with Crippen molar-refractivity contribution in [2.24, 2.45) is 0 Å². The van der Waals surface area contributed by atoms with Gasteiger partial charge < -0.3 is 4.90 Å². The quantitative estimate of drug-likeness (QED) is 0.340. The summed E-state index contributed by atoms with van der Waals surface area (Å²) >= 11 is 0. The number of hydrogen-bond donors (Lipinski definition) is 0. The van der Waals surface area contributed by atoms with E-state index in [1.165, 1.54) is 6.08 Å². The smallest absolute Gasteiger partial charge is 0.257 e. The van der Waals surface area contributed by atoms with Gasteiger partial charge >= 0.3 is 0 Å². The van der Waals surface area contributed by atoms with Crippen molar-refractivity contribution in [2.75, 3.05) is 13.1 Å². The maximum atomic E-state index is 12.0. The first-order chi connectivity index (χ1) is 8.31. The predicted molar refractivity (Wildman–Crippen MR) is 64.1 cm³/mol. The van der Waals surface area contributed by atoms with Gasteiger partial charge in [0.25, 0.3) is 5.91 Å². The number of pyridine rings is 1. The van der Waals surface area contributed by atoms with Crippen molar-refractivity contribution >= 4 is 18.3 Å². The Morgan fingerprint density at radius 1 is 1.29 bits per heavy atom. The molecule has 1 amide bonds. The average Bonchev–Trinajstić information content (AvgIpc) is 2.90. The van der Waals surface area contributed by atoms with Gasteiger partial charge in [-0.1, -0.05) is 6.07 Å².